The number of likely N-dealkylation sites (N-methyl/N-ethyl adjacent to an activating group) is 1. The standard InChI is InChI=1S/C11H13FN4O/c1-6-3-9-8(4-7(6)12)15-11(13)16(9)5-10(17)14-2/h3-4H,5H2,1-2H3,(H2,13,15)(H,14,17). The number of rotatable bonds is 2. The summed E-state index contributed by atoms with van der Waals surface area (Å²) in [5.41, 5.74) is 7.31. The highest BCUT2D eigenvalue weighted by molar-refractivity contribution is 5.83. The average Bonchev–Trinajstić information content (AvgIpc) is 2.56. The first kappa shape index (κ1) is 11.4. The van der Waals surface area contributed by atoms with Gasteiger partial charge in [-0.05, 0) is 18.6 Å². The maximum atomic E-state index is 13.3. The van der Waals surface area contributed by atoms with E-state index in [1.165, 1.54) is 6.07 Å². The number of benzene rings is 1. The smallest absolute Gasteiger partial charge is 0.239 e. The van der Waals surface area contributed by atoms with Crippen molar-refractivity contribution in [1.29, 1.82) is 0 Å². The molecule has 1 heterocycles. The second-order valence-corrected chi connectivity index (χ2v) is 3.82. The van der Waals surface area contributed by atoms with Crippen LogP contribution in [-0.2, 0) is 11.3 Å². The van der Waals surface area contributed by atoms with Crippen LogP contribution in [0.3, 0.4) is 0 Å². The van der Waals surface area contributed by atoms with E-state index in [0.717, 1.165) is 0 Å². The van der Waals surface area contributed by atoms with Crippen molar-refractivity contribution in [3.8, 4) is 0 Å². The number of nitrogen functional groups attached to an aromatic ring is 1. The summed E-state index contributed by atoms with van der Waals surface area (Å²) in [7, 11) is 1.54. The zero-order chi connectivity index (χ0) is 12.6. The second-order valence-electron chi connectivity index (χ2n) is 3.82. The van der Waals surface area contributed by atoms with E-state index < -0.39 is 0 Å². The fourth-order valence-corrected chi connectivity index (χ4v) is 1.66. The van der Waals surface area contributed by atoms with Gasteiger partial charge in [-0.1, -0.05) is 0 Å². The zero-order valence-electron chi connectivity index (χ0n) is 9.62. The largest absolute Gasteiger partial charge is 0.369 e. The number of aryl methyl sites for hydroxylation is 1. The number of fused-ring (bicyclic) bond motifs is 1. The van der Waals surface area contributed by atoms with Crippen LogP contribution in [0.25, 0.3) is 11.0 Å². The van der Waals surface area contributed by atoms with Crippen LogP contribution in [0, 0.1) is 12.7 Å². The molecule has 0 radical (unpaired) electrons. The van der Waals surface area contributed by atoms with Crippen molar-refractivity contribution < 1.29 is 9.18 Å². The van der Waals surface area contributed by atoms with E-state index in [9.17, 15) is 9.18 Å². The molecule has 1 aromatic heterocycles. The van der Waals surface area contributed by atoms with Crippen LogP contribution < -0.4 is 11.1 Å². The Labute approximate surface area is 97.4 Å². The number of aromatic nitrogens is 2. The highest BCUT2D eigenvalue weighted by Gasteiger charge is 2.12. The summed E-state index contributed by atoms with van der Waals surface area (Å²) >= 11 is 0. The van der Waals surface area contributed by atoms with E-state index in [2.05, 4.69) is 10.3 Å². The number of hydrogen-bond donors (Lipinski definition) is 2. The summed E-state index contributed by atoms with van der Waals surface area (Å²) in [5, 5.41) is 2.50. The molecule has 0 aliphatic rings. The first-order chi connectivity index (χ1) is 8.02. The fraction of sp³-hybridized carbons (Fsp3) is 0.273. The normalized spacial score (nSPS) is 10.8. The summed E-state index contributed by atoms with van der Waals surface area (Å²) in [6.45, 7) is 1.73. The molecule has 17 heavy (non-hydrogen) atoms. The molecule has 0 aliphatic carbocycles. The topological polar surface area (TPSA) is 72.9 Å². The molecule has 90 valence electrons. The van der Waals surface area contributed by atoms with Gasteiger partial charge in [0, 0.05) is 13.1 Å². The highest BCUT2D eigenvalue weighted by atomic mass is 19.1. The minimum atomic E-state index is -0.331. The summed E-state index contributed by atoms with van der Waals surface area (Å²) in [6, 6.07) is 2.96. The van der Waals surface area contributed by atoms with Crippen molar-refractivity contribution in [2.24, 2.45) is 0 Å². The van der Waals surface area contributed by atoms with Gasteiger partial charge in [-0.2, -0.15) is 0 Å². The summed E-state index contributed by atoms with van der Waals surface area (Å²) in [4.78, 5) is 15.4. The first-order valence-corrected chi connectivity index (χ1v) is 5.15. The minimum Gasteiger partial charge on any atom is -0.369 e. The van der Waals surface area contributed by atoms with Gasteiger partial charge >= 0.3 is 0 Å². The predicted molar refractivity (Wildman–Crippen MR) is 62.9 cm³/mol. The highest BCUT2D eigenvalue weighted by Crippen LogP contribution is 2.21. The average molecular weight is 236 g/mol. The summed E-state index contributed by atoms with van der Waals surface area (Å²) < 4.78 is 14.9. The number of carbonyl (C=O) groups is 1. The quantitative estimate of drug-likeness (QED) is 0.810. The van der Waals surface area contributed by atoms with Gasteiger partial charge in [-0.25, -0.2) is 9.37 Å². The lowest BCUT2D eigenvalue weighted by Gasteiger charge is -2.05. The van der Waals surface area contributed by atoms with Crippen molar-refractivity contribution in [3.63, 3.8) is 0 Å². The van der Waals surface area contributed by atoms with Gasteiger partial charge in [-0.3, -0.25) is 4.79 Å². The number of carbonyl (C=O) groups excluding carboxylic acids is 1. The summed E-state index contributed by atoms with van der Waals surface area (Å²) in [6.07, 6.45) is 0. The third kappa shape index (κ3) is 1.93. The van der Waals surface area contributed by atoms with E-state index in [1.54, 1.807) is 24.6 Å². The summed E-state index contributed by atoms with van der Waals surface area (Å²) in [5.74, 6) is -0.311. The molecule has 1 amide bonds. The van der Waals surface area contributed by atoms with Gasteiger partial charge in [-0.15, -0.1) is 0 Å². The van der Waals surface area contributed by atoms with Crippen molar-refractivity contribution >= 4 is 22.9 Å². The van der Waals surface area contributed by atoms with E-state index in [-0.39, 0.29) is 24.2 Å². The number of hydrogen-bond acceptors (Lipinski definition) is 3. The molecule has 0 saturated heterocycles. The van der Waals surface area contributed by atoms with E-state index in [4.69, 9.17) is 5.73 Å². The second kappa shape index (κ2) is 4.04. The van der Waals surface area contributed by atoms with Crippen LogP contribution in [0.4, 0.5) is 10.3 Å². The van der Waals surface area contributed by atoms with Crippen LogP contribution >= 0.6 is 0 Å². The van der Waals surface area contributed by atoms with Gasteiger partial charge in [0.2, 0.25) is 11.9 Å². The Bertz CT molecular complexity index is 591. The number of halogens is 1. The molecule has 0 saturated carbocycles. The lowest BCUT2D eigenvalue weighted by Crippen LogP contribution is -2.24. The van der Waals surface area contributed by atoms with Crippen LogP contribution in [0.5, 0.6) is 0 Å². The Hall–Kier alpha value is -2.11. The molecule has 0 atom stereocenters. The van der Waals surface area contributed by atoms with Gasteiger partial charge in [0.05, 0.1) is 11.0 Å². The Morgan fingerprint density at radius 2 is 2.29 bits per heavy atom. The third-order valence-corrected chi connectivity index (χ3v) is 2.64. The molecule has 2 rings (SSSR count). The molecule has 3 N–H and O–H groups in total. The molecule has 0 bridgehead atoms. The molecule has 0 aliphatic heterocycles. The van der Waals surface area contributed by atoms with Crippen molar-refractivity contribution in [2.75, 3.05) is 12.8 Å². The molecule has 1 aromatic carbocycles. The van der Waals surface area contributed by atoms with E-state index >= 15 is 0 Å². The molecular formula is C11H13FN4O. The number of nitrogens with two attached hydrogens (primary N) is 1. The van der Waals surface area contributed by atoms with Gasteiger partial charge in [0.25, 0.3) is 0 Å². The number of imidazole rings is 1. The number of amides is 1. The van der Waals surface area contributed by atoms with Crippen molar-refractivity contribution in [3.05, 3.63) is 23.5 Å². The number of anilines is 1. The molecule has 0 spiro atoms. The van der Waals surface area contributed by atoms with Crippen LogP contribution in [0.15, 0.2) is 12.1 Å². The fourth-order valence-electron chi connectivity index (χ4n) is 1.66. The predicted octanol–water partition coefficient (Wildman–Crippen LogP) is 0.812. The molecule has 0 unspecified atom stereocenters. The Morgan fingerprint density at radius 1 is 1.59 bits per heavy atom. The Morgan fingerprint density at radius 3 is 2.94 bits per heavy atom. The third-order valence-electron chi connectivity index (χ3n) is 2.64. The molecule has 5 nitrogen and oxygen atoms in total. The monoisotopic (exact) mass is 236 g/mol. The number of nitrogens with one attached hydrogen (secondary N) is 1. The maximum Gasteiger partial charge on any atom is 0.239 e. The van der Waals surface area contributed by atoms with Crippen molar-refractivity contribution in [1.82, 2.24) is 14.9 Å². The van der Waals surface area contributed by atoms with Crippen LogP contribution in [0.1, 0.15) is 5.56 Å². The van der Waals surface area contributed by atoms with Crippen LogP contribution in [-0.4, -0.2) is 22.5 Å². The lowest BCUT2D eigenvalue weighted by molar-refractivity contribution is -0.121. The molecule has 6 heteroatoms. The lowest BCUT2D eigenvalue weighted by atomic mass is 10.2. The molecule has 2 aromatic rings. The van der Waals surface area contributed by atoms with E-state index in [0.29, 0.717) is 16.6 Å². The zero-order valence-corrected chi connectivity index (χ0v) is 9.62. The van der Waals surface area contributed by atoms with Gasteiger partial charge in [0.1, 0.15) is 12.4 Å². The minimum absolute atomic E-state index is 0.0733. The van der Waals surface area contributed by atoms with Crippen LogP contribution in [0.2, 0.25) is 0 Å². The van der Waals surface area contributed by atoms with Gasteiger partial charge < -0.3 is 15.6 Å². The Balaban J connectivity index is 2.58. The SMILES string of the molecule is CNC(=O)Cn1c(N)nc2cc(F)c(C)cc21. The van der Waals surface area contributed by atoms with E-state index in [1.807, 2.05) is 0 Å². The number of nitrogens with zero attached hydrogens (tertiary/aromatic N) is 2. The maximum absolute atomic E-state index is 13.3. The Kier molecular flexibility index (Phi) is 2.71. The van der Waals surface area contributed by atoms with Crippen molar-refractivity contribution in [2.45, 2.75) is 13.5 Å². The first-order valence-electron chi connectivity index (χ1n) is 5.15. The molecular weight excluding hydrogens is 223 g/mol. The van der Waals surface area contributed by atoms with Gasteiger partial charge in [0.15, 0.2) is 0 Å². The molecule has 0 fully saturated rings.